The zero-order valence-corrected chi connectivity index (χ0v) is 21.5. The molecule has 3 N–H and O–H groups in total. The van der Waals surface area contributed by atoms with Gasteiger partial charge >= 0.3 is 5.97 Å². The van der Waals surface area contributed by atoms with Gasteiger partial charge in [0.1, 0.15) is 0 Å². The van der Waals surface area contributed by atoms with E-state index in [1.165, 1.54) is 0 Å². The molecule has 0 aromatic rings. The van der Waals surface area contributed by atoms with Gasteiger partial charge in [0.25, 0.3) is 0 Å². The van der Waals surface area contributed by atoms with E-state index in [2.05, 4.69) is 53.0 Å². The molecule has 33 heavy (non-hydrogen) atoms. The van der Waals surface area contributed by atoms with Crippen molar-refractivity contribution in [1.82, 2.24) is 25.3 Å². The molecule has 0 atom stereocenters. The number of unbranched alkanes of at least 4 members (excludes halogenated alkanes) is 2. The van der Waals surface area contributed by atoms with Gasteiger partial charge in [-0.15, -0.1) is 0 Å². The average Bonchev–Trinajstić information content (AvgIpc) is 2.79. The third-order valence-electron chi connectivity index (χ3n) is 5.91. The van der Waals surface area contributed by atoms with Crippen LogP contribution < -0.4 is 10.6 Å². The SMILES string of the molecule is CCN(CC)CCN(CCN(CC)CC)CC(=O)NCCCCCC(=O)NCCCC(=O)O. The van der Waals surface area contributed by atoms with E-state index in [-0.39, 0.29) is 18.2 Å². The van der Waals surface area contributed by atoms with Crippen molar-refractivity contribution in [2.75, 3.05) is 72.0 Å². The lowest BCUT2D eigenvalue weighted by Gasteiger charge is -2.28. The molecule has 0 aliphatic rings. The van der Waals surface area contributed by atoms with E-state index in [9.17, 15) is 14.4 Å². The maximum absolute atomic E-state index is 12.5. The lowest BCUT2D eigenvalue weighted by molar-refractivity contribution is -0.137. The number of amides is 2. The lowest BCUT2D eigenvalue weighted by Crippen LogP contribution is -2.44. The molecule has 0 aromatic carbocycles. The molecule has 9 nitrogen and oxygen atoms in total. The van der Waals surface area contributed by atoms with Gasteiger partial charge in [-0.3, -0.25) is 19.3 Å². The molecule has 0 bridgehead atoms. The van der Waals surface area contributed by atoms with Crippen molar-refractivity contribution in [3.05, 3.63) is 0 Å². The van der Waals surface area contributed by atoms with Gasteiger partial charge in [-0.2, -0.15) is 0 Å². The molecule has 0 heterocycles. The van der Waals surface area contributed by atoms with Gasteiger partial charge in [0.05, 0.1) is 6.54 Å². The van der Waals surface area contributed by atoms with E-state index in [1.807, 2.05) is 0 Å². The van der Waals surface area contributed by atoms with Gasteiger partial charge in [0.15, 0.2) is 0 Å². The van der Waals surface area contributed by atoms with Gasteiger partial charge in [0.2, 0.25) is 11.8 Å². The van der Waals surface area contributed by atoms with Gasteiger partial charge in [-0.1, -0.05) is 34.1 Å². The van der Waals surface area contributed by atoms with Gasteiger partial charge in [0, 0.05) is 52.1 Å². The molecule has 0 unspecified atom stereocenters. The summed E-state index contributed by atoms with van der Waals surface area (Å²) in [6.07, 6.45) is 3.44. The van der Waals surface area contributed by atoms with Crippen LogP contribution in [0.15, 0.2) is 0 Å². The predicted octanol–water partition coefficient (Wildman–Crippen LogP) is 1.63. The maximum atomic E-state index is 12.5. The molecule has 2 amide bonds. The minimum Gasteiger partial charge on any atom is -0.481 e. The van der Waals surface area contributed by atoms with Gasteiger partial charge in [-0.05, 0) is 45.4 Å². The Bertz CT molecular complexity index is 509. The molecule has 0 rings (SSSR count). The highest BCUT2D eigenvalue weighted by molar-refractivity contribution is 5.78. The van der Waals surface area contributed by atoms with Crippen molar-refractivity contribution in [2.45, 2.75) is 66.2 Å². The minimum absolute atomic E-state index is 0.0403. The van der Waals surface area contributed by atoms with Crippen molar-refractivity contribution in [1.29, 1.82) is 0 Å². The molecule has 0 saturated heterocycles. The summed E-state index contributed by atoms with van der Waals surface area (Å²) in [7, 11) is 0. The van der Waals surface area contributed by atoms with Gasteiger partial charge in [-0.25, -0.2) is 0 Å². The third-order valence-corrected chi connectivity index (χ3v) is 5.91. The van der Waals surface area contributed by atoms with Crippen molar-refractivity contribution in [3.63, 3.8) is 0 Å². The number of likely N-dealkylation sites (N-methyl/N-ethyl adjacent to an activating group) is 2. The van der Waals surface area contributed by atoms with Crippen LogP contribution in [0.2, 0.25) is 0 Å². The Morgan fingerprint density at radius 1 is 0.606 bits per heavy atom. The maximum Gasteiger partial charge on any atom is 0.303 e. The molecule has 194 valence electrons. The molecule has 0 fully saturated rings. The van der Waals surface area contributed by atoms with Crippen LogP contribution in [-0.4, -0.2) is 110 Å². The number of hydrogen-bond donors (Lipinski definition) is 3. The van der Waals surface area contributed by atoms with E-state index >= 15 is 0 Å². The summed E-state index contributed by atoms with van der Waals surface area (Å²) in [5.74, 6) is -0.825. The van der Waals surface area contributed by atoms with E-state index < -0.39 is 5.97 Å². The Labute approximate surface area is 201 Å². The number of carboxylic acids is 1. The average molecular weight is 472 g/mol. The van der Waals surface area contributed by atoms with Crippen LogP contribution in [0.3, 0.4) is 0 Å². The second-order valence-corrected chi connectivity index (χ2v) is 8.34. The first-order chi connectivity index (χ1) is 15.9. The minimum atomic E-state index is -0.845. The highest BCUT2D eigenvalue weighted by atomic mass is 16.4. The summed E-state index contributed by atoms with van der Waals surface area (Å²) in [6.45, 7) is 17.9. The summed E-state index contributed by atoms with van der Waals surface area (Å²) in [5.41, 5.74) is 0. The Morgan fingerprint density at radius 2 is 1.09 bits per heavy atom. The van der Waals surface area contributed by atoms with Crippen molar-refractivity contribution < 1.29 is 19.5 Å². The van der Waals surface area contributed by atoms with E-state index in [1.54, 1.807) is 0 Å². The molecule has 0 aliphatic heterocycles. The highest BCUT2D eigenvalue weighted by Crippen LogP contribution is 2.00. The summed E-state index contributed by atoms with van der Waals surface area (Å²) < 4.78 is 0. The van der Waals surface area contributed by atoms with E-state index in [4.69, 9.17) is 5.11 Å². The standard InChI is InChI=1S/C24H49N5O4/c1-5-27(6-2)17-19-29(20-18-28(7-3)8-4)21-23(31)26-15-11-9-10-13-22(30)25-16-12-14-24(32)33/h5-21H2,1-4H3,(H,25,30)(H,26,31)(H,32,33). The molecule has 9 heteroatoms. The van der Waals surface area contributed by atoms with Crippen LogP contribution >= 0.6 is 0 Å². The highest BCUT2D eigenvalue weighted by Gasteiger charge is 2.13. The molecule has 0 saturated carbocycles. The third kappa shape index (κ3) is 18.4. The van der Waals surface area contributed by atoms with Crippen LogP contribution in [0, 0.1) is 0 Å². The second kappa shape index (κ2) is 20.9. The smallest absolute Gasteiger partial charge is 0.303 e. The topological polar surface area (TPSA) is 105 Å². The summed E-state index contributed by atoms with van der Waals surface area (Å²) >= 11 is 0. The van der Waals surface area contributed by atoms with Crippen molar-refractivity contribution in [3.8, 4) is 0 Å². The number of aliphatic carboxylic acids is 1. The molecule has 0 aliphatic carbocycles. The Kier molecular flexibility index (Phi) is 19.8. The normalized spacial score (nSPS) is 11.4. The number of rotatable bonds is 22. The predicted molar refractivity (Wildman–Crippen MR) is 133 cm³/mol. The van der Waals surface area contributed by atoms with Crippen LogP contribution in [0.25, 0.3) is 0 Å². The number of carboxylic acid groups (broad SMARTS) is 1. The number of nitrogens with one attached hydrogen (secondary N) is 2. The van der Waals surface area contributed by atoms with Gasteiger partial charge < -0.3 is 25.5 Å². The Hall–Kier alpha value is -1.71. The zero-order chi connectivity index (χ0) is 24.9. The molecule has 0 aromatic heterocycles. The van der Waals surface area contributed by atoms with Crippen LogP contribution in [0.5, 0.6) is 0 Å². The van der Waals surface area contributed by atoms with Crippen LogP contribution in [-0.2, 0) is 14.4 Å². The summed E-state index contributed by atoms with van der Waals surface area (Å²) in [4.78, 5) is 41.6. The zero-order valence-electron chi connectivity index (χ0n) is 21.5. The fraction of sp³-hybridized carbons (Fsp3) is 0.875. The van der Waals surface area contributed by atoms with E-state index in [0.717, 1.165) is 71.6 Å². The van der Waals surface area contributed by atoms with Crippen molar-refractivity contribution in [2.24, 2.45) is 0 Å². The first kappa shape index (κ1) is 31.3. The number of carbonyl (C=O) groups excluding carboxylic acids is 2. The fourth-order valence-corrected chi connectivity index (χ4v) is 3.55. The van der Waals surface area contributed by atoms with Crippen LogP contribution in [0.4, 0.5) is 0 Å². The first-order valence-corrected chi connectivity index (χ1v) is 12.8. The largest absolute Gasteiger partial charge is 0.481 e. The Morgan fingerprint density at radius 3 is 1.61 bits per heavy atom. The first-order valence-electron chi connectivity index (χ1n) is 12.8. The molecular weight excluding hydrogens is 422 g/mol. The molecular formula is C24H49N5O4. The Balaban J connectivity index is 4.12. The number of nitrogens with zero attached hydrogens (tertiary/aromatic N) is 3. The number of hydrogen-bond acceptors (Lipinski definition) is 6. The monoisotopic (exact) mass is 471 g/mol. The lowest BCUT2D eigenvalue weighted by atomic mass is 10.2. The van der Waals surface area contributed by atoms with E-state index in [0.29, 0.717) is 32.5 Å². The molecule has 0 radical (unpaired) electrons. The summed E-state index contributed by atoms with van der Waals surface area (Å²) in [5, 5.41) is 14.3. The van der Waals surface area contributed by atoms with Crippen molar-refractivity contribution >= 4 is 17.8 Å². The second-order valence-electron chi connectivity index (χ2n) is 8.34. The fourth-order valence-electron chi connectivity index (χ4n) is 3.55. The molecule has 0 spiro atoms. The summed E-state index contributed by atoms with van der Waals surface area (Å²) in [6, 6.07) is 0. The quantitative estimate of drug-likeness (QED) is 0.206. The number of carbonyl (C=O) groups is 3. The van der Waals surface area contributed by atoms with Crippen LogP contribution in [0.1, 0.15) is 66.2 Å².